The molecule has 0 aliphatic heterocycles. The molecule has 0 aliphatic rings. The maximum atomic E-state index is 13.2. The first-order valence-corrected chi connectivity index (χ1v) is 8.35. The molecular formula is C20H12FN3O5. The molecule has 4 rings (SSSR count). The van der Waals surface area contributed by atoms with Gasteiger partial charge in [-0.2, -0.15) is 5.10 Å². The largest absolute Gasteiger partial charge is 0.477 e. The summed E-state index contributed by atoms with van der Waals surface area (Å²) in [4.78, 5) is 36.5. The Morgan fingerprint density at radius 1 is 1.07 bits per heavy atom. The second kappa shape index (κ2) is 7.04. The molecule has 8 nitrogen and oxygen atoms in total. The number of anilines is 1. The average molecular weight is 393 g/mol. The molecule has 0 aliphatic carbocycles. The van der Waals surface area contributed by atoms with Crippen LogP contribution in [0.5, 0.6) is 0 Å². The van der Waals surface area contributed by atoms with Crippen molar-refractivity contribution in [1.82, 2.24) is 9.78 Å². The predicted octanol–water partition coefficient (Wildman–Crippen LogP) is 3.07. The average Bonchev–Trinajstić information content (AvgIpc) is 3.11. The van der Waals surface area contributed by atoms with Crippen molar-refractivity contribution >= 4 is 28.7 Å². The molecule has 2 aromatic carbocycles. The Labute approximate surface area is 161 Å². The molecule has 0 atom stereocenters. The van der Waals surface area contributed by atoms with E-state index in [0.29, 0.717) is 16.7 Å². The minimum atomic E-state index is -1.33. The van der Waals surface area contributed by atoms with Crippen molar-refractivity contribution in [3.63, 3.8) is 0 Å². The van der Waals surface area contributed by atoms with Gasteiger partial charge >= 0.3 is 11.6 Å². The maximum absolute atomic E-state index is 13.2. The number of para-hydroxylation sites is 1. The second-order valence-electron chi connectivity index (χ2n) is 6.04. The lowest BCUT2D eigenvalue weighted by molar-refractivity contribution is 0.0698. The Morgan fingerprint density at radius 3 is 2.52 bits per heavy atom. The fourth-order valence-electron chi connectivity index (χ4n) is 2.80. The summed E-state index contributed by atoms with van der Waals surface area (Å²) in [5.41, 5.74) is -0.831. The molecule has 9 heteroatoms. The Kier molecular flexibility index (Phi) is 4.40. The van der Waals surface area contributed by atoms with Crippen LogP contribution in [-0.2, 0) is 0 Å². The van der Waals surface area contributed by atoms with Gasteiger partial charge in [0.05, 0.1) is 11.9 Å². The normalized spacial score (nSPS) is 10.8. The number of aromatic carboxylic acids is 1. The first kappa shape index (κ1) is 18.1. The van der Waals surface area contributed by atoms with E-state index in [1.807, 2.05) is 0 Å². The van der Waals surface area contributed by atoms with Crippen molar-refractivity contribution < 1.29 is 23.5 Å². The second-order valence-corrected chi connectivity index (χ2v) is 6.04. The number of aromatic nitrogens is 2. The summed E-state index contributed by atoms with van der Waals surface area (Å²) in [5, 5.41) is 16.3. The highest BCUT2D eigenvalue weighted by atomic mass is 19.1. The van der Waals surface area contributed by atoms with Gasteiger partial charge in [-0.05, 0) is 36.4 Å². The van der Waals surface area contributed by atoms with Gasteiger partial charge < -0.3 is 14.8 Å². The van der Waals surface area contributed by atoms with Gasteiger partial charge in [0, 0.05) is 5.39 Å². The van der Waals surface area contributed by atoms with Gasteiger partial charge in [-0.15, -0.1) is 0 Å². The van der Waals surface area contributed by atoms with Gasteiger partial charge in [0.2, 0.25) is 0 Å². The number of hydrogen-bond donors (Lipinski definition) is 2. The van der Waals surface area contributed by atoms with E-state index in [2.05, 4.69) is 10.4 Å². The van der Waals surface area contributed by atoms with Crippen molar-refractivity contribution in [2.45, 2.75) is 0 Å². The zero-order chi connectivity index (χ0) is 20.5. The van der Waals surface area contributed by atoms with E-state index in [1.54, 1.807) is 24.3 Å². The van der Waals surface area contributed by atoms with Crippen LogP contribution in [0.2, 0.25) is 0 Å². The summed E-state index contributed by atoms with van der Waals surface area (Å²) < 4.78 is 19.5. The molecule has 4 aromatic rings. The molecule has 0 saturated carbocycles. The van der Waals surface area contributed by atoms with Crippen LogP contribution in [0.3, 0.4) is 0 Å². The number of nitrogens with one attached hydrogen (secondary N) is 1. The fraction of sp³-hybridized carbons (Fsp3) is 0. The maximum Gasteiger partial charge on any atom is 0.349 e. The van der Waals surface area contributed by atoms with Gasteiger partial charge in [-0.3, -0.25) is 4.79 Å². The Bertz CT molecular complexity index is 1310. The smallest absolute Gasteiger partial charge is 0.349 e. The van der Waals surface area contributed by atoms with Crippen LogP contribution in [0.4, 0.5) is 10.2 Å². The molecule has 2 N–H and O–H groups in total. The number of nitrogens with zero attached hydrogens (tertiary/aromatic N) is 2. The standard InChI is InChI=1S/C20H12FN3O5/c21-12-5-7-13(8-6-12)24-17(15(10-22-24)19(26)27)23-18(25)14-9-11-3-1-2-4-16(11)29-20(14)28/h1-10H,(H,23,25)(H,26,27). The molecule has 1 amide bonds. The molecule has 2 heterocycles. The van der Waals surface area contributed by atoms with Crippen molar-refractivity contribution in [1.29, 1.82) is 0 Å². The summed E-state index contributed by atoms with van der Waals surface area (Å²) in [6.45, 7) is 0. The van der Waals surface area contributed by atoms with Crippen LogP contribution in [-0.4, -0.2) is 26.8 Å². The van der Waals surface area contributed by atoms with Gasteiger partial charge in [0.15, 0.2) is 5.82 Å². The van der Waals surface area contributed by atoms with Crippen LogP contribution in [0.15, 0.2) is 70.0 Å². The number of benzene rings is 2. The monoisotopic (exact) mass is 393 g/mol. The van der Waals surface area contributed by atoms with E-state index in [-0.39, 0.29) is 16.9 Å². The third-order valence-corrected chi connectivity index (χ3v) is 4.19. The molecule has 29 heavy (non-hydrogen) atoms. The summed E-state index contributed by atoms with van der Waals surface area (Å²) in [6.07, 6.45) is 1.05. The predicted molar refractivity (Wildman–Crippen MR) is 101 cm³/mol. The van der Waals surface area contributed by atoms with Crippen LogP contribution in [0.25, 0.3) is 16.7 Å². The van der Waals surface area contributed by atoms with E-state index in [0.717, 1.165) is 10.9 Å². The lowest BCUT2D eigenvalue weighted by atomic mass is 10.2. The van der Waals surface area contributed by atoms with E-state index < -0.39 is 23.3 Å². The first-order valence-electron chi connectivity index (χ1n) is 8.35. The third-order valence-electron chi connectivity index (χ3n) is 4.19. The number of hydrogen-bond acceptors (Lipinski definition) is 5. The van der Waals surface area contributed by atoms with Gasteiger partial charge in [-0.25, -0.2) is 18.7 Å². The highest BCUT2D eigenvalue weighted by molar-refractivity contribution is 6.08. The molecule has 0 unspecified atom stereocenters. The highest BCUT2D eigenvalue weighted by Crippen LogP contribution is 2.22. The number of amides is 1. The Balaban J connectivity index is 1.77. The topological polar surface area (TPSA) is 114 Å². The summed E-state index contributed by atoms with van der Waals surface area (Å²) >= 11 is 0. The van der Waals surface area contributed by atoms with Crippen molar-refractivity contribution in [3.05, 3.63) is 88.2 Å². The van der Waals surface area contributed by atoms with Crippen LogP contribution >= 0.6 is 0 Å². The molecule has 144 valence electrons. The molecule has 0 spiro atoms. The number of carboxylic acid groups (broad SMARTS) is 1. The third kappa shape index (κ3) is 3.36. The first-order chi connectivity index (χ1) is 13.9. The Morgan fingerprint density at radius 2 is 1.79 bits per heavy atom. The van der Waals surface area contributed by atoms with Crippen LogP contribution < -0.4 is 10.9 Å². The zero-order valence-electron chi connectivity index (χ0n) is 14.6. The van der Waals surface area contributed by atoms with E-state index in [4.69, 9.17) is 4.42 Å². The highest BCUT2D eigenvalue weighted by Gasteiger charge is 2.22. The van der Waals surface area contributed by atoms with Gasteiger partial charge in [-0.1, -0.05) is 18.2 Å². The molecule has 0 bridgehead atoms. The van der Waals surface area contributed by atoms with Crippen molar-refractivity contribution in [3.8, 4) is 5.69 Å². The van der Waals surface area contributed by atoms with Gasteiger partial charge in [0.1, 0.15) is 22.5 Å². The van der Waals surface area contributed by atoms with Crippen molar-refractivity contribution in [2.24, 2.45) is 0 Å². The zero-order valence-corrected chi connectivity index (χ0v) is 14.6. The summed E-state index contributed by atoms with van der Waals surface area (Å²) in [7, 11) is 0. The number of rotatable bonds is 4. The molecule has 0 saturated heterocycles. The quantitative estimate of drug-likeness (QED) is 0.515. The fourth-order valence-corrected chi connectivity index (χ4v) is 2.80. The lowest BCUT2D eigenvalue weighted by Crippen LogP contribution is -2.23. The number of carboxylic acids is 1. The summed E-state index contributed by atoms with van der Waals surface area (Å²) in [6, 6.07) is 13.1. The molecule has 0 fully saturated rings. The van der Waals surface area contributed by atoms with Gasteiger partial charge in [0.25, 0.3) is 5.91 Å². The molecular weight excluding hydrogens is 381 g/mol. The molecule has 0 radical (unpaired) electrons. The number of carbonyl (C=O) groups excluding carboxylic acids is 1. The van der Waals surface area contributed by atoms with Crippen LogP contribution in [0, 0.1) is 5.82 Å². The number of carbonyl (C=O) groups is 2. The van der Waals surface area contributed by atoms with E-state index in [1.165, 1.54) is 30.3 Å². The number of fused-ring (bicyclic) bond motifs is 1. The number of halogens is 1. The van der Waals surface area contributed by atoms with E-state index >= 15 is 0 Å². The minimum absolute atomic E-state index is 0.179. The van der Waals surface area contributed by atoms with Crippen molar-refractivity contribution in [2.75, 3.05) is 5.32 Å². The molecule has 2 aromatic heterocycles. The van der Waals surface area contributed by atoms with Crippen LogP contribution in [0.1, 0.15) is 20.7 Å². The summed E-state index contributed by atoms with van der Waals surface area (Å²) in [5.74, 6) is -2.87. The minimum Gasteiger partial charge on any atom is -0.477 e. The Hall–Kier alpha value is -4.27. The SMILES string of the molecule is O=C(O)c1cnn(-c2ccc(F)cc2)c1NC(=O)c1cc2ccccc2oc1=O. The lowest BCUT2D eigenvalue weighted by Gasteiger charge is -2.10. The van der Waals surface area contributed by atoms with E-state index in [9.17, 15) is 23.9 Å².